The Morgan fingerprint density at radius 3 is 3.06 bits per heavy atom. The average molecular weight is 248 g/mol. The fraction of sp³-hybridized carbons (Fsp3) is 0.182. The molecule has 0 aliphatic heterocycles. The summed E-state index contributed by atoms with van der Waals surface area (Å²) < 4.78 is 11.3. The quantitative estimate of drug-likeness (QED) is 0.866. The van der Waals surface area contributed by atoms with Crippen molar-refractivity contribution in [1.29, 1.82) is 0 Å². The van der Waals surface area contributed by atoms with Gasteiger partial charge < -0.3 is 15.2 Å². The maximum Gasteiger partial charge on any atom is 0.404 e. The first kappa shape index (κ1) is 11.9. The van der Waals surface area contributed by atoms with E-state index < -0.39 is 6.09 Å². The second kappa shape index (κ2) is 5.17. The number of rotatable bonds is 4. The molecule has 7 heteroatoms. The number of methoxy groups -OCH3 is 1. The number of primary amides is 1. The predicted octanol–water partition coefficient (Wildman–Crippen LogP) is 0.871. The van der Waals surface area contributed by atoms with E-state index in [4.69, 9.17) is 10.5 Å². The highest BCUT2D eigenvalue weighted by Gasteiger charge is 2.05. The lowest BCUT2D eigenvalue weighted by molar-refractivity contribution is 0.149. The molecule has 0 radical (unpaired) electrons. The van der Waals surface area contributed by atoms with Crippen molar-refractivity contribution in [2.45, 2.75) is 6.61 Å². The molecule has 2 rings (SSSR count). The third kappa shape index (κ3) is 2.76. The summed E-state index contributed by atoms with van der Waals surface area (Å²) >= 11 is 0. The molecule has 1 aromatic heterocycles. The number of ether oxygens (including phenoxy) is 2. The van der Waals surface area contributed by atoms with Gasteiger partial charge in [0.15, 0.2) is 0 Å². The van der Waals surface area contributed by atoms with Crippen molar-refractivity contribution in [2.24, 2.45) is 5.73 Å². The highest BCUT2D eigenvalue weighted by atomic mass is 16.5. The van der Waals surface area contributed by atoms with Crippen LogP contribution in [0.5, 0.6) is 5.75 Å². The number of nitrogens with zero attached hydrogens (tertiary/aromatic N) is 3. The van der Waals surface area contributed by atoms with Crippen LogP contribution in [0.25, 0.3) is 5.69 Å². The smallest absolute Gasteiger partial charge is 0.404 e. The van der Waals surface area contributed by atoms with Crippen LogP contribution in [-0.4, -0.2) is 28.2 Å². The second-order valence-corrected chi connectivity index (χ2v) is 3.46. The fourth-order valence-corrected chi connectivity index (χ4v) is 1.39. The minimum Gasteiger partial charge on any atom is -0.497 e. The molecule has 0 saturated carbocycles. The summed E-state index contributed by atoms with van der Waals surface area (Å²) in [6, 6.07) is 7.34. The highest BCUT2D eigenvalue weighted by Crippen LogP contribution is 2.15. The zero-order valence-corrected chi connectivity index (χ0v) is 9.74. The lowest BCUT2D eigenvalue weighted by Gasteiger charge is -2.02. The summed E-state index contributed by atoms with van der Waals surface area (Å²) in [4.78, 5) is 10.5. The van der Waals surface area contributed by atoms with Gasteiger partial charge in [0.1, 0.15) is 18.1 Å². The molecule has 1 aromatic carbocycles. The molecular weight excluding hydrogens is 236 g/mol. The summed E-state index contributed by atoms with van der Waals surface area (Å²) in [5.74, 6) is 0.720. The number of hydrogen-bond donors (Lipinski definition) is 1. The first-order chi connectivity index (χ1) is 8.69. The number of carbonyl (C=O) groups is 1. The van der Waals surface area contributed by atoms with E-state index in [0.29, 0.717) is 5.69 Å². The van der Waals surface area contributed by atoms with Gasteiger partial charge in [0.2, 0.25) is 0 Å². The topological polar surface area (TPSA) is 92.3 Å². The molecule has 0 unspecified atom stereocenters. The zero-order chi connectivity index (χ0) is 13.0. The molecule has 0 bridgehead atoms. The van der Waals surface area contributed by atoms with E-state index in [2.05, 4.69) is 15.0 Å². The van der Waals surface area contributed by atoms with E-state index >= 15 is 0 Å². The van der Waals surface area contributed by atoms with Crippen molar-refractivity contribution in [3.63, 3.8) is 0 Å². The Kier molecular flexibility index (Phi) is 3.42. The van der Waals surface area contributed by atoms with Gasteiger partial charge in [-0.05, 0) is 12.1 Å². The molecule has 0 aliphatic carbocycles. The van der Waals surface area contributed by atoms with Crippen LogP contribution in [0.3, 0.4) is 0 Å². The van der Waals surface area contributed by atoms with E-state index in [1.807, 2.05) is 24.3 Å². The summed E-state index contributed by atoms with van der Waals surface area (Å²) in [5, 5.41) is 7.78. The molecule has 2 N–H and O–H groups in total. The van der Waals surface area contributed by atoms with Crippen molar-refractivity contribution in [3.8, 4) is 11.4 Å². The summed E-state index contributed by atoms with van der Waals surface area (Å²) in [7, 11) is 1.59. The number of carbonyl (C=O) groups excluding carboxylic acids is 1. The highest BCUT2D eigenvalue weighted by molar-refractivity contribution is 5.64. The third-order valence-corrected chi connectivity index (χ3v) is 2.22. The van der Waals surface area contributed by atoms with Crippen LogP contribution in [0.1, 0.15) is 5.69 Å². The molecule has 1 amide bonds. The minimum atomic E-state index is -0.842. The normalized spacial score (nSPS) is 10.1. The molecule has 0 fully saturated rings. The first-order valence-electron chi connectivity index (χ1n) is 5.17. The molecular formula is C11H12N4O3. The molecule has 18 heavy (non-hydrogen) atoms. The largest absolute Gasteiger partial charge is 0.497 e. The number of hydrogen-bond acceptors (Lipinski definition) is 5. The van der Waals surface area contributed by atoms with Crippen molar-refractivity contribution >= 4 is 6.09 Å². The molecule has 0 aliphatic rings. The van der Waals surface area contributed by atoms with Gasteiger partial charge in [0.25, 0.3) is 0 Å². The predicted molar refractivity (Wildman–Crippen MR) is 62.3 cm³/mol. The van der Waals surface area contributed by atoms with Crippen molar-refractivity contribution < 1.29 is 14.3 Å². The molecule has 0 saturated heterocycles. The van der Waals surface area contributed by atoms with Gasteiger partial charge in [-0.2, -0.15) is 0 Å². The standard InChI is InChI=1S/C11H12N4O3/c1-17-10-4-2-3-9(5-10)15-6-8(13-14-15)7-18-11(12)16/h2-6H,7H2,1H3,(H2,12,16). The van der Waals surface area contributed by atoms with Gasteiger partial charge >= 0.3 is 6.09 Å². The van der Waals surface area contributed by atoms with Crippen LogP contribution in [0, 0.1) is 0 Å². The lowest BCUT2D eigenvalue weighted by atomic mass is 10.3. The van der Waals surface area contributed by atoms with E-state index in [1.54, 1.807) is 18.0 Å². The van der Waals surface area contributed by atoms with Crippen LogP contribution in [0.4, 0.5) is 4.79 Å². The molecule has 94 valence electrons. The van der Waals surface area contributed by atoms with Crippen LogP contribution < -0.4 is 10.5 Å². The Hall–Kier alpha value is -2.57. The van der Waals surface area contributed by atoms with Crippen LogP contribution in [-0.2, 0) is 11.3 Å². The maximum atomic E-state index is 10.5. The maximum absolute atomic E-state index is 10.5. The van der Waals surface area contributed by atoms with Crippen molar-refractivity contribution in [1.82, 2.24) is 15.0 Å². The minimum absolute atomic E-state index is 0.000693. The van der Waals surface area contributed by atoms with Crippen molar-refractivity contribution in [3.05, 3.63) is 36.2 Å². The van der Waals surface area contributed by atoms with E-state index in [1.165, 1.54) is 0 Å². The van der Waals surface area contributed by atoms with E-state index in [0.717, 1.165) is 11.4 Å². The Bertz CT molecular complexity index is 553. The molecule has 7 nitrogen and oxygen atoms in total. The van der Waals surface area contributed by atoms with E-state index in [-0.39, 0.29) is 6.61 Å². The van der Waals surface area contributed by atoms with Gasteiger partial charge in [-0.25, -0.2) is 9.48 Å². The van der Waals surface area contributed by atoms with E-state index in [9.17, 15) is 4.79 Å². The Labute approximate surface area is 103 Å². The summed E-state index contributed by atoms with van der Waals surface area (Å²) in [6.45, 7) is -0.000693. The molecule has 0 spiro atoms. The van der Waals surface area contributed by atoms with Crippen LogP contribution in [0.15, 0.2) is 30.5 Å². The van der Waals surface area contributed by atoms with Crippen LogP contribution in [0.2, 0.25) is 0 Å². The van der Waals surface area contributed by atoms with Crippen molar-refractivity contribution in [2.75, 3.05) is 7.11 Å². The average Bonchev–Trinajstić information content (AvgIpc) is 2.85. The molecule has 2 aromatic rings. The Balaban J connectivity index is 2.15. The number of aromatic nitrogens is 3. The fourth-order valence-electron chi connectivity index (χ4n) is 1.39. The van der Waals surface area contributed by atoms with Gasteiger partial charge in [0, 0.05) is 6.07 Å². The molecule has 1 heterocycles. The SMILES string of the molecule is COc1cccc(-n2cc(COC(N)=O)nn2)c1. The van der Waals surface area contributed by atoms with Gasteiger partial charge in [-0.3, -0.25) is 0 Å². The van der Waals surface area contributed by atoms with Gasteiger partial charge in [-0.15, -0.1) is 5.10 Å². The monoisotopic (exact) mass is 248 g/mol. The van der Waals surface area contributed by atoms with Crippen LogP contribution >= 0.6 is 0 Å². The number of nitrogens with two attached hydrogens (primary N) is 1. The Morgan fingerprint density at radius 2 is 2.33 bits per heavy atom. The molecule has 0 atom stereocenters. The number of benzene rings is 1. The summed E-state index contributed by atoms with van der Waals surface area (Å²) in [5.41, 5.74) is 6.17. The van der Waals surface area contributed by atoms with Gasteiger partial charge in [-0.1, -0.05) is 11.3 Å². The third-order valence-electron chi connectivity index (χ3n) is 2.22. The Morgan fingerprint density at radius 1 is 1.50 bits per heavy atom. The number of amides is 1. The second-order valence-electron chi connectivity index (χ2n) is 3.46. The first-order valence-corrected chi connectivity index (χ1v) is 5.17. The van der Waals surface area contributed by atoms with Gasteiger partial charge in [0.05, 0.1) is 19.0 Å². The summed E-state index contributed by atoms with van der Waals surface area (Å²) in [6.07, 6.45) is 0.809. The lowest BCUT2D eigenvalue weighted by Crippen LogP contribution is -2.12. The zero-order valence-electron chi connectivity index (χ0n) is 9.74.